The predicted octanol–water partition coefficient (Wildman–Crippen LogP) is 5.93. The number of likely N-dealkylation sites (N-methyl/N-ethyl adjacent to an activating group) is 1. The number of amides is 2. The Morgan fingerprint density at radius 3 is 2.21 bits per heavy atom. The van der Waals surface area contributed by atoms with Gasteiger partial charge in [0.2, 0.25) is 11.8 Å². The SMILES string of the molecule is CCNC(=O)[C@@H](Cc1ccccc1)N(Cc1ccc(Cl)cc1Cl)C(=O)Cc1cc(C)cc(C)c1. The number of carbonyl (C=O) groups is 2. The molecule has 4 nitrogen and oxygen atoms in total. The van der Waals surface area contributed by atoms with Crippen molar-refractivity contribution in [3.05, 3.63) is 105 Å². The molecule has 0 aliphatic rings. The lowest BCUT2D eigenvalue weighted by Crippen LogP contribution is -2.51. The van der Waals surface area contributed by atoms with E-state index in [-0.39, 0.29) is 24.8 Å². The average Bonchev–Trinajstić information content (AvgIpc) is 2.77. The van der Waals surface area contributed by atoms with Crippen LogP contribution in [-0.2, 0) is 29.0 Å². The summed E-state index contributed by atoms with van der Waals surface area (Å²) < 4.78 is 0. The highest BCUT2D eigenvalue weighted by atomic mass is 35.5. The lowest BCUT2D eigenvalue weighted by molar-refractivity contribution is -0.140. The van der Waals surface area contributed by atoms with Gasteiger partial charge in [-0.15, -0.1) is 0 Å². The molecular formula is C28H30Cl2N2O2. The number of hydrogen-bond acceptors (Lipinski definition) is 2. The Kier molecular flexibility index (Phi) is 9.14. The summed E-state index contributed by atoms with van der Waals surface area (Å²) in [5, 5.41) is 3.89. The highest BCUT2D eigenvalue weighted by molar-refractivity contribution is 6.35. The Balaban J connectivity index is 2.00. The van der Waals surface area contributed by atoms with Crippen molar-refractivity contribution in [3.63, 3.8) is 0 Å². The number of nitrogens with zero attached hydrogens (tertiary/aromatic N) is 1. The number of halogens is 2. The van der Waals surface area contributed by atoms with E-state index in [0.29, 0.717) is 23.0 Å². The summed E-state index contributed by atoms with van der Waals surface area (Å²) in [6.45, 7) is 6.58. The monoisotopic (exact) mass is 496 g/mol. The molecule has 3 aromatic carbocycles. The average molecular weight is 497 g/mol. The van der Waals surface area contributed by atoms with Gasteiger partial charge < -0.3 is 10.2 Å². The first kappa shape index (κ1) is 25.8. The third-order valence-electron chi connectivity index (χ3n) is 5.61. The molecule has 3 aromatic rings. The first-order valence-corrected chi connectivity index (χ1v) is 12.1. The molecule has 0 aromatic heterocycles. The minimum absolute atomic E-state index is 0.136. The van der Waals surface area contributed by atoms with Gasteiger partial charge in [0.05, 0.1) is 6.42 Å². The number of hydrogen-bond donors (Lipinski definition) is 1. The Labute approximate surface area is 211 Å². The number of benzene rings is 3. The van der Waals surface area contributed by atoms with Crippen LogP contribution in [0, 0.1) is 13.8 Å². The Morgan fingerprint density at radius 2 is 1.59 bits per heavy atom. The van der Waals surface area contributed by atoms with Crippen LogP contribution in [-0.4, -0.2) is 29.3 Å². The number of rotatable bonds is 9. The molecule has 0 aliphatic carbocycles. The van der Waals surface area contributed by atoms with Crippen molar-refractivity contribution >= 4 is 35.0 Å². The molecule has 0 fully saturated rings. The maximum Gasteiger partial charge on any atom is 0.243 e. The number of nitrogens with one attached hydrogen (secondary N) is 1. The molecule has 0 radical (unpaired) electrons. The molecule has 0 saturated heterocycles. The van der Waals surface area contributed by atoms with Gasteiger partial charge in [-0.2, -0.15) is 0 Å². The van der Waals surface area contributed by atoms with Gasteiger partial charge in [-0.1, -0.05) is 88.9 Å². The van der Waals surface area contributed by atoms with E-state index in [9.17, 15) is 9.59 Å². The third kappa shape index (κ3) is 7.09. The van der Waals surface area contributed by atoms with Crippen LogP contribution in [0.4, 0.5) is 0 Å². The maximum atomic E-state index is 13.7. The van der Waals surface area contributed by atoms with E-state index in [4.69, 9.17) is 23.2 Å². The minimum Gasteiger partial charge on any atom is -0.355 e. The summed E-state index contributed by atoms with van der Waals surface area (Å²) in [5.74, 6) is -0.326. The molecule has 178 valence electrons. The fraction of sp³-hybridized carbons (Fsp3) is 0.286. The molecule has 2 amide bonds. The van der Waals surface area contributed by atoms with Crippen molar-refractivity contribution in [2.24, 2.45) is 0 Å². The van der Waals surface area contributed by atoms with E-state index in [1.54, 1.807) is 23.1 Å². The van der Waals surface area contributed by atoms with Gasteiger partial charge in [-0.05, 0) is 49.6 Å². The summed E-state index contributed by atoms with van der Waals surface area (Å²) in [7, 11) is 0. The van der Waals surface area contributed by atoms with Crippen LogP contribution >= 0.6 is 23.2 Å². The molecule has 0 spiro atoms. The van der Waals surface area contributed by atoms with Crippen LogP contribution in [0.5, 0.6) is 0 Å². The van der Waals surface area contributed by atoms with Crippen LogP contribution in [0.1, 0.15) is 34.7 Å². The molecule has 3 rings (SSSR count). The van der Waals surface area contributed by atoms with E-state index >= 15 is 0 Å². The lowest BCUT2D eigenvalue weighted by atomic mass is 10.0. The third-order valence-corrected chi connectivity index (χ3v) is 6.20. The minimum atomic E-state index is -0.687. The zero-order chi connectivity index (χ0) is 24.7. The second kappa shape index (κ2) is 12.0. The second-order valence-electron chi connectivity index (χ2n) is 8.53. The number of aryl methyl sites for hydroxylation is 2. The van der Waals surface area contributed by atoms with Crippen LogP contribution in [0.25, 0.3) is 0 Å². The summed E-state index contributed by atoms with van der Waals surface area (Å²) in [6, 6.07) is 20.3. The fourth-order valence-electron chi connectivity index (χ4n) is 4.13. The van der Waals surface area contributed by atoms with Crippen molar-refractivity contribution in [3.8, 4) is 0 Å². The van der Waals surface area contributed by atoms with E-state index in [1.165, 1.54) is 0 Å². The molecule has 0 saturated carbocycles. The number of carbonyl (C=O) groups excluding carboxylic acids is 2. The summed E-state index contributed by atoms with van der Waals surface area (Å²) in [5.41, 5.74) is 4.83. The van der Waals surface area contributed by atoms with Crippen molar-refractivity contribution in [2.45, 2.75) is 46.2 Å². The van der Waals surface area contributed by atoms with Crippen molar-refractivity contribution in [1.82, 2.24) is 10.2 Å². The van der Waals surface area contributed by atoms with Gasteiger partial charge >= 0.3 is 0 Å². The maximum absolute atomic E-state index is 13.7. The Morgan fingerprint density at radius 1 is 0.912 bits per heavy atom. The molecule has 0 unspecified atom stereocenters. The summed E-state index contributed by atoms with van der Waals surface area (Å²) in [4.78, 5) is 28.6. The Hall–Kier alpha value is -2.82. The first-order chi connectivity index (χ1) is 16.3. The normalized spacial score (nSPS) is 11.7. The second-order valence-corrected chi connectivity index (χ2v) is 9.37. The lowest BCUT2D eigenvalue weighted by Gasteiger charge is -2.32. The van der Waals surface area contributed by atoms with Crippen LogP contribution in [0.3, 0.4) is 0 Å². The van der Waals surface area contributed by atoms with Gasteiger partial charge in [0.15, 0.2) is 0 Å². The smallest absolute Gasteiger partial charge is 0.243 e. The van der Waals surface area contributed by atoms with Crippen LogP contribution < -0.4 is 5.32 Å². The van der Waals surface area contributed by atoms with Crippen molar-refractivity contribution < 1.29 is 9.59 Å². The molecule has 6 heteroatoms. The van der Waals surface area contributed by atoms with E-state index in [2.05, 4.69) is 11.4 Å². The van der Waals surface area contributed by atoms with Crippen LogP contribution in [0.2, 0.25) is 10.0 Å². The molecule has 1 atom stereocenters. The molecule has 34 heavy (non-hydrogen) atoms. The predicted molar refractivity (Wildman–Crippen MR) is 139 cm³/mol. The topological polar surface area (TPSA) is 49.4 Å². The van der Waals surface area contributed by atoms with Gasteiger partial charge in [0.1, 0.15) is 6.04 Å². The van der Waals surface area contributed by atoms with E-state index < -0.39 is 6.04 Å². The molecule has 0 aliphatic heterocycles. The quantitative estimate of drug-likeness (QED) is 0.399. The van der Waals surface area contributed by atoms with Crippen LogP contribution in [0.15, 0.2) is 66.7 Å². The van der Waals surface area contributed by atoms with Gasteiger partial charge in [0, 0.05) is 29.6 Å². The standard InChI is InChI=1S/C28H30Cl2N2O2/c1-4-31-28(34)26(15-21-8-6-5-7-9-21)32(18-23-10-11-24(29)17-25(23)30)27(33)16-22-13-19(2)12-20(3)14-22/h5-14,17,26H,4,15-16,18H2,1-3H3,(H,31,34)/t26-/m1/s1. The zero-order valence-electron chi connectivity index (χ0n) is 19.8. The molecular weight excluding hydrogens is 467 g/mol. The highest BCUT2D eigenvalue weighted by Crippen LogP contribution is 2.25. The summed E-state index contributed by atoms with van der Waals surface area (Å²) in [6.07, 6.45) is 0.592. The Bertz CT molecular complexity index is 1130. The van der Waals surface area contributed by atoms with Gasteiger partial charge in [0.25, 0.3) is 0 Å². The van der Waals surface area contributed by atoms with Gasteiger partial charge in [-0.25, -0.2) is 0 Å². The van der Waals surface area contributed by atoms with Gasteiger partial charge in [-0.3, -0.25) is 9.59 Å². The highest BCUT2D eigenvalue weighted by Gasteiger charge is 2.30. The molecule has 1 N–H and O–H groups in total. The zero-order valence-corrected chi connectivity index (χ0v) is 21.3. The summed E-state index contributed by atoms with van der Waals surface area (Å²) >= 11 is 12.5. The van der Waals surface area contributed by atoms with E-state index in [0.717, 1.165) is 27.8 Å². The van der Waals surface area contributed by atoms with Crippen molar-refractivity contribution in [1.29, 1.82) is 0 Å². The molecule has 0 heterocycles. The first-order valence-electron chi connectivity index (χ1n) is 11.4. The largest absolute Gasteiger partial charge is 0.355 e. The van der Waals surface area contributed by atoms with Crippen molar-refractivity contribution in [2.75, 3.05) is 6.54 Å². The fourth-order valence-corrected chi connectivity index (χ4v) is 4.59. The molecule has 0 bridgehead atoms. The van der Waals surface area contributed by atoms with E-state index in [1.807, 2.05) is 63.2 Å².